The van der Waals surface area contributed by atoms with Gasteiger partial charge in [0.05, 0.1) is 0 Å². The topological polar surface area (TPSA) is 37.8 Å². The van der Waals surface area contributed by atoms with Crippen molar-refractivity contribution in [1.29, 1.82) is 0 Å². The molecule has 104 valence electrons. The van der Waals surface area contributed by atoms with Crippen molar-refractivity contribution < 1.29 is 0 Å². The number of halogens is 1. The quantitative estimate of drug-likeness (QED) is 0.831. The lowest BCUT2D eigenvalue weighted by molar-refractivity contribution is 0.158. The molecule has 2 aromatic rings. The van der Waals surface area contributed by atoms with E-state index in [1.807, 2.05) is 6.07 Å². The van der Waals surface area contributed by atoms with Gasteiger partial charge in [0.1, 0.15) is 11.3 Å². The number of fused-ring (bicyclic) bond motifs is 4. The number of anilines is 1. The zero-order chi connectivity index (χ0) is 13.6. The summed E-state index contributed by atoms with van der Waals surface area (Å²) in [5, 5.41) is 5.23. The fraction of sp³-hybridized carbons (Fsp3) is 0.500. The molecule has 2 aromatic heterocycles. The molecule has 5 rings (SSSR count). The second kappa shape index (κ2) is 4.59. The number of aromatic nitrogens is 2. The van der Waals surface area contributed by atoms with Gasteiger partial charge in [-0.3, -0.25) is 0 Å². The molecule has 0 saturated heterocycles. The first kappa shape index (κ1) is 12.4. The summed E-state index contributed by atoms with van der Waals surface area (Å²) in [6, 6.07) is 6.08. The summed E-state index contributed by atoms with van der Waals surface area (Å²) in [5.41, 5.74) is 1.06. The van der Waals surface area contributed by atoms with Crippen LogP contribution in [-0.2, 0) is 0 Å². The maximum Gasteiger partial charge on any atom is 0.155 e. The van der Waals surface area contributed by atoms with Gasteiger partial charge in [0, 0.05) is 17.1 Å². The van der Waals surface area contributed by atoms with Gasteiger partial charge in [-0.25, -0.2) is 9.97 Å². The summed E-state index contributed by atoms with van der Waals surface area (Å²) in [7, 11) is 0. The van der Waals surface area contributed by atoms with Crippen LogP contribution >= 0.6 is 11.6 Å². The van der Waals surface area contributed by atoms with Gasteiger partial charge in [-0.2, -0.15) is 0 Å². The number of hydrogen-bond acceptors (Lipinski definition) is 3. The average Bonchev–Trinajstić information content (AvgIpc) is 2.50. The molecular weight excluding hydrogens is 270 g/mol. The Morgan fingerprint density at radius 2 is 1.85 bits per heavy atom. The van der Waals surface area contributed by atoms with E-state index in [1.165, 1.54) is 38.5 Å². The minimum Gasteiger partial charge on any atom is -0.365 e. The van der Waals surface area contributed by atoms with Crippen LogP contribution in [0, 0.1) is 5.92 Å². The smallest absolute Gasteiger partial charge is 0.155 e. The average molecular weight is 288 g/mol. The van der Waals surface area contributed by atoms with Gasteiger partial charge in [0.2, 0.25) is 0 Å². The van der Waals surface area contributed by atoms with Crippen molar-refractivity contribution in [3.05, 3.63) is 29.5 Å². The highest BCUT2D eigenvalue weighted by Gasteiger charge is 2.40. The Morgan fingerprint density at radius 1 is 1.10 bits per heavy atom. The van der Waals surface area contributed by atoms with Gasteiger partial charge in [-0.05, 0) is 62.6 Å². The first-order valence-electron chi connectivity index (χ1n) is 7.44. The van der Waals surface area contributed by atoms with E-state index >= 15 is 0 Å². The largest absolute Gasteiger partial charge is 0.365 e. The standard InChI is InChI=1S/C16H18ClN3/c17-15-14-12(6-10-18-15)1-2-13(19-14)20-16-7-3-11(4-8-16)5-9-16/h1-2,6,10-11H,3-5,7-9H2,(H,19,20). The van der Waals surface area contributed by atoms with Gasteiger partial charge in [-0.15, -0.1) is 0 Å². The second-order valence-electron chi connectivity index (χ2n) is 6.26. The van der Waals surface area contributed by atoms with Crippen LogP contribution in [0.3, 0.4) is 0 Å². The number of hydrogen-bond donors (Lipinski definition) is 1. The van der Waals surface area contributed by atoms with Gasteiger partial charge in [-0.1, -0.05) is 11.6 Å². The molecule has 0 aromatic carbocycles. The summed E-state index contributed by atoms with van der Waals surface area (Å²) < 4.78 is 0. The second-order valence-corrected chi connectivity index (χ2v) is 6.62. The third kappa shape index (κ3) is 2.05. The van der Waals surface area contributed by atoms with Crippen LogP contribution in [0.4, 0.5) is 5.82 Å². The lowest BCUT2D eigenvalue weighted by Gasteiger charge is -2.47. The van der Waals surface area contributed by atoms with Crippen LogP contribution < -0.4 is 5.32 Å². The molecule has 3 fully saturated rings. The minimum atomic E-state index is 0.268. The molecule has 2 bridgehead atoms. The Labute approximate surface area is 123 Å². The van der Waals surface area contributed by atoms with Crippen molar-refractivity contribution in [1.82, 2.24) is 9.97 Å². The Morgan fingerprint density at radius 3 is 2.60 bits per heavy atom. The monoisotopic (exact) mass is 287 g/mol. The molecule has 20 heavy (non-hydrogen) atoms. The Bertz CT molecular complexity index is 633. The van der Waals surface area contributed by atoms with Crippen LogP contribution in [0.25, 0.3) is 10.9 Å². The van der Waals surface area contributed by atoms with Crippen molar-refractivity contribution >= 4 is 28.3 Å². The van der Waals surface area contributed by atoms with Crippen LogP contribution in [0.2, 0.25) is 5.15 Å². The molecule has 3 aliphatic carbocycles. The van der Waals surface area contributed by atoms with Crippen LogP contribution in [0.1, 0.15) is 38.5 Å². The van der Waals surface area contributed by atoms with Crippen molar-refractivity contribution in [2.24, 2.45) is 5.92 Å². The van der Waals surface area contributed by atoms with E-state index in [4.69, 9.17) is 11.6 Å². The number of nitrogens with zero attached hydrogens (tertiary/aromatic N) is 2. The van der Waals surface area contributed by atoms with Crippen LogP contribution in [0.5, 0.6) is 0 Å². The van der Waals surface area contributed by atoms with E-state index in [9.17, 15) is 0 Å². The number of rotatable bonds is 2. The molecule has 0 aliphatic heterocycles. The third-order valence-corrected chi connectivity index (χ3v) is 5.33. The summed E-state index contributed by atoms with van der Waals surface area (Å²) in [4.78, 5) is 8.79. The first-order valence-corrected chi connectivity index (χ1v) is 7.81. The van der Waals surface area contributed by atoms with E-state index < -0.39 is 0 Å². The summed E-state index contributed by atoms with van der Waals surface area (Å²) >= 11 is 6.15. The maximum absolute atomic E-state index is 6.15. The van der Waals surface area contributed by atoms with Crippen molar-refractivity contribution in [2.45, 2.75) is 44.1 Å². The molecule has 0 amide bonds. The number of nitrogens with one attached hydrogen (secondary N) is 1. The molecular formula is C16H18ClN3. The Kier molecular flexibility index (Phi) is 2.84. The normalized spacial score (nSPS) is 28.8. The fourth-order valence-corrected chi connectivity index (χ4v) is 4.00. The molecule has 3 saturated carbocycles. The lowest BCUT2D eigenvalue weighted by atomic mass is 9.66. The van der Waals surface area contributed by atoms with Crippen molar-refractivity contribution in [2.75, 3.05) is 5.32 Å². The first-order chi connectivity index (χ1) is 9.74. The van der Waals surface area contributed by atoms with Crippen molar-refractivity contribution in [3.8, 4) is 0 Å². The Hall–Kier alpha value is -1.35. The van der Waals surface area contributed by atoms with E-state index in [0.29, 0.717) is 5.15 Å². The highest BCUT2D eigenvalue weighted by Crippen LogP contribution is 2.45. The molecule has 0 spiro atoms. The maximum atomic E-state index is 6.15. The van der Waals surface area contributed by atoms with Gasteiger partial charge in [0.15, 0.2) is 5.15 Å². The summed E-state index contributed by atoms with van der Waals surface area (Å²) in [6.45, 7) is 0. The lowest BCUT2D eigenvalue weighted by Crippen LogP contribution is -2.46. The predicted molar refractivity (Wildman–Crippen MR) is 82.1 cm³/mol. The molecule has 3 nitrogen and oxygen atoms in total. The molecule has 0 radical (unpaired) electrons. The summed E-state index contributed by atoms with van der Waals surface area (Å²) in [6.07, 6.45) is 9.64. The van der Waals surface area contributed by atoms with E-state index in [-0.39, 0.29) is 5.54 Å². The van der Waals surface area contributed by atoms with Gasteiger partial charge < -0.3 is 5.32 Å². The molecule has 4 heteroatoms. The van der Waals surface area contributed by atoms with Crippen LogP contribution in [0.15, 0.2) is 24.4 Å². The fourth-order valence-electron chi connectivity index (χ4n) is 3.79. The molecule has 2 heterocycles. The Balaban J connectivity index is 1.67. The van der Waals surface area contributed by atoms with Gasteiger partial charge >= 0.3 is 0 Å². The summed E-state index contributed by atoms with van der Waals surface area (Å²) in [5.74, 6) is 1.91. The molecule has 3 aliphatic rings. The third-order valence-electron chi connectivity index (χ3n) is 5.05. The minimum absolute atomic E-state index is 0.268. The highest BCUT2D eigenvalue weighted by atomic mass is 35.5. The van der Waals surface area contributed by atoms with E-state index in [1.54, 1.807) is 6.20 Å². The van der Waals surface area contributed by atoms with E-state index in [0.717, 1.165) is 22.6 Å². The zero-order valence-corrected chi connectivity index (χ0v) is 12.2. The van der Waals surface area contributed by atoms with Crippen LogP contribution in [-0.4, -0.2) is 15.5 Å². The molecule has 1 N–H and O–H groups in total. The zero-order valence-electron chi connectivity index (χ0n) is 11.4. The van der Waals surface area contributed by atoms with Crippen molar-refractivity contribution in [3.63, 3.8) is 0 Å². The molecule has 0 atom stereocenters. The van der Waals surface area contributed by atoms with Gasteiger partial charge in [0.25, 0.3) is 0 Å². The SMILES string of the molecule is Clc1nccc2ccc(NC34CCC(CC3)CC4)nc12. The highest BCUT2D eigenvalue weighted by molar-refractivity contribution is 6.33. The predicted octanol–water partition coefficient (Wildman–Crippen LogP) is 4.42. The van der Waals surface area contributed by atoms with E-state index in [2.05, 4.69) is 27.4 Å². The molecule has 0 unspecified atom stereocenters. The number of pyridine rings is 2.